The monoisotopic (exact) mass is 639 g/mol. The van der Waals surface area contributed by atoms with Crippen molar-refractivity contribution in [2.45, 2.75) is 11.6 Å². The highest BCUT2D eigenvalue weighted by molar-refractivity contribution is 6.19. The molecule has 1 N–H and O–H groups in total. The van der Waals surface area contributed by atoms with Gasteiger partial charge in [0.15, 0.2) is 6.17 Å². The van der Waals surface area contributed by atoms with Crippen molar-refractivity contribution in [2.24, 2.45) is 9.98 Å². The summed E-state index contributed by atoms with van der Waals surface area (Å²) in [6.45, 7) is 0. The summed E-state index contributed by atoms with van der Waals surface area (Å²) in [7, 11) is 0. The lowest BCUT2D eigenvalue weighted by atomic mass is 9.70. The van der Waals surface area contributed by atoms with E-state index >= 15 is 0 Å². The highest BCUT2D eigenvalue weighted by Crippen LogP contribution is 2.65. The van der Waals surface area contributed by atoms with Crippen molar-refractivity contribution in [1.29, 1.82) is 0 Å². The average Bonchev–Trinajstić information content (AvgIpc) is 3.82. The number of para-hydroxylation sites is 1. The lowest BCUT2D eigenvalue weighted by Gasteiger charge is -2.30. The van der Waals surface area contributed by atoms with Gasteiger partial charge in [0.1, 0.15) is 22.8 Å². The number of hydrogen-bond acceptors (Lipinski definition) is 4. The molecule has 11 rings (SSSR count). The summed E-state index contributed by atoms with van der Waals surface area (Å²) < 4.78 is 6.86. The van der Waals surface area contributed by atoms with Crippen molar-refractivity contribution >= 4 is 33.6 Å². The molecule has 234 valence electrons. The first kappa shape index (κ1) is 27.4. The molecule has 3 aliphatic rings. The van der Waals surface area contributed by atoms with E-state index in [0.29, 0.717) is 0 Å². The molecular weight excluding hydrogens is 611 g/mol. The van der Waals surface area contributed by atoms with E-state index in [1.165, 1.54) is 44.5 Å². The average molecular weight is 640 g/mol. The number of nitrogens with zero attached hydrogens (tertiary/aromatic N) is 2. The molecule has 7 aromatic carbocycles. The van der Waals surface area contributed by atoms with Crippen molar-refractivity contribution < 1.29 is 4.42 Å². The van der Waals surface area contributed by atoms with E-state index in [4.69, 9.17) is 14.4 Å². The van der Waals surface area contributed by atoms with Gasteiger partial charge in [-0.05, 0) is 56.6 Å². The van der Waals surface area contributed by atoms with Crippen LogP contribution in [-0.2, 0) is 5.41 Å². The zero-order valence-electron chi connectivity index (χ0n) is 27.0. The van der Waals surface area contributed by atoms with Crippen LogP contribution in [0.4, 0.5) is 0 Å². The molecule has 2 aliphatic carbocycles. The first-order valence-corrected chi connectivity index (χ1v) is 17.1. The molecule has 4 heteroatoms. The maximum Gasteiger partial charge on any atom is 0.169 e. The smallest absolute Gasteiger partial charge is 0.169 e. The molecule has 0 saturated carbocycles. The van der Waals surface area contributed by atoms with Gasteiger partial charge in [-0.25, -0.2) is 9.98 Å². The summed E-state index contributed by atoms with van der Waals surface area (Å²) in [6, 6.07) is 58.1. The van der Waals surface area contributed by atoms with Gasteiger partial charge in [0, 0.05) is 27.5 Å². The Morgan fingerprint density at radius 1 is 0.480 bits per heavy atom. The topological polar surface area (TPSA) is 49.9 Å². The molecule has 2 unspecified atom stereocenters. The van der Waals surface area contributed by atoms with Crippen molar-refractivity contribution in [3.63, 3.8) is 0 Å². The predicted molar refractivity (Wildman–Crippen MR) is 202 cm³/mol. The summed E-state index contributed by atoms with van der Waals surface area (Å²) in [5.41, 5.74) is 14.2. The molecule has 0 bridgehead atoms. The number of amidine groups is 2. The SMILES string of the molecule is c1ccc(C2=NC(c3ccccc3)N=C(c3cccc4c3-c3ccccc3C43c4ccccc4-c4ccc5c(oc6ccccc65)c43)N2)cc1. The summed E-state index contributed by atoms with van der Waals surface area (Å²) >= 11 is 0. The number of nitrogens with one attached hydrogen (secondary N) is 1. The fourth-order valence-corrected chi connectivity index (χ4v) is 8.75. The molecule has 1 aromatic heterocycles. The maximum atomic E-state index is 6.86. The Hall–Kier alpha value is -6.52. The number of furan rings is 1. The molecule has 50 heavy (non-hydrogen) atoms. The van der Waals surface area contributed by atoms with Crippen molar-refractivity contribution in [3.05, 3.63) is 203 Å². The molecule has 0 amide bonds. The van der Waals surface area contributed by atoms with Gasteiger partial charge < -0.3 is 9.73 Å². The highest BCUT2D eigenvalue weighted by atomic mass is 16.3. The molecule has 1 spiro atoms. The number of hydrogen-bond donors (Lipinski definition) is 1. The Balaban J connectivity index is 1.21. The third-order valence-electron chi connectivity index (χ3n) is 10.8. The Labute approximate surface area is 289 Å². The molecule has 0 fully saturated rings. The van der Waals surface area contributed by atoms with Gasteiger partial charge in [-0.1, -0.05) is 152 Å². The fraction of sp³-hybridized carbons (Fsp3) is 0.0435. The quantitative estimate of drug-likeness (QED) is 0.209. The summed E-state index contributed by atoms with van der Waals surface area (Å²) in [5, 5.41) is 5.97. The minimum atomic E-state index is -0.578. The van der Waals surface area contributed by atoms with Gasteiger partial charge in [0.05, 0.1) is 5.41 Å². The zero-order chi connectivity index (χ0) is 32.8. The van der Waals surface area contributed by atoms with Crippen LogP contribution in [0.5, 0.6) is 0 Å². The minimum absolute atomic E-state index is 0.382. The molecule has 0 saturated heterocycles. The van der Waals surface area contributed by atoms with E-state index in [2.05, 4.69) is 157 Å². The van der Waals surface area contributed by atoms with E-state index < -0.39 is 5.41 Å². The van der Waals surface area contributed by atoms with Gasteiger partial charge in [0.2, 0.25) is 0 Å². The normalized spacial score (nSPS) is 18.3. The van der Waals surface area contributed by atoms with Crippen LogP contribution in [-0.4, -0.2) is 11.7 Å². The Morgan fingerprint density at radius 2 is 1.12 bits per heavy atom. The molecule has 1 aliphatic heterocycles. The molecular formula is C46H29N3O. The molecule has 2 heterocycles. The highest BCUT2D eigenvalue weighted by Gasteiger charge is 2.54. The summed E-state index contributed by atoms with van der Waals surface area (Å²) in [6.07, 6.45) is -0.382. The molecule has 8 aromatic rings. The number of fused-ring (bicyclic) bond motifs is 14. The van der Waals surface area contributed by atoms with E-state index in [0.717, 1.165) is 50.3 Å². The van der Waals surface area contributed by atoms with E-state index in [9.17, 15) is 0 Å². The minimum Gasteiger partial charge on any atom is -0.456 e. The second-order valence-electron chi connectivity index (χ2n) is 13.3. The maximum absolute atomic E-state index is 6.86. The second kappa shape index (κ2) is 10.2. The molecule has 2 atom stereocenters. The van der Waals surface area contributed by atoms with Crippen LogP contribution in [0, 0.1) is 0 Å². The zero-order valence-corrected chi connectivity index (χ0v) is 27.0. The van der Waals surface area contributed by atoms with Crippen molar-refractivity contribution in [1.82, 2.24) is 5.32 Å². The Morgan fingerprint density at radius 3 is 1.96 bits per heavy atom. The van der Waals surface area contributed by atoms with Crippen LogP contribution < -0.4 is 5.32 Å². The van der Waals surface area contributed by atoms with E-state index in [1.54, 1.807) is 0 Å². The third-order valence-corrected chi connectivity index (χ3v) is 10.8. The molecule has 4 nitrogen and oxygen atoms in total. The number of benzene rings is 7. The first-order valence-electron chi connectivity index (χ1n) is 17.1. The van der Waals surface area contributed by atoms with Gasteiger partial charge in [-0.2, -0.15) is 0 Å². The number of aliphatic imine (C=N–C) groups is 2. The lowest BCUT2D eigenvalue weighted by Crippen LogP contribution is -2.36. The van der Waals surface area contributed by atoms with Crippen molar-refractivity contribution in [2.75, 3.05) is 0 Å². The van der Waals surface area contributed by atoms with Crippen LogP contribution in [0.15, 0.2) is 178 Å². The van der Waals surface area contributed by atoms with Crippen molar-refractivity contribution in [3.8, 4) is 22.3 Å². The predicted octanol–water partition coefficient (Wildman–Crippen LogP) is 10.4. The largest absolute Gasteiger partial charge is 0.456 e. The standard InChI is InChI=1S/C46H29N3O/c1-3-14-28(15-4-1)43-47-44(29-16-5-2-6-17-29)49-45(48-43)35-21-13-24-38-40(35)34-20-8-11-23-37(34)46(38)36-22-10-7-18-30(36)32-26-27-33-31-19-9-12-25-39(31)50-42(33)41(32)46/h1-27,43H,(H,47,48,49). The Bertz CT molecular complexity index is 2740. The van der Waals surface area contributed by atoms with E-state index in [-0.39, 0.29) is 6.17 Å². The fourth-order valence-electron chi connectivity index (χ4n) is 8.75. The lowest BCUT2D eigenvalue weighted by molar-refractivity contribution is 0.652. The molecule has 0 radical (unpaired) electrons. The van der Waals surface area contributed by atoms with Crippen LogP contribution in [0.2, 0.25) is 0 Å². The van der Waals surface area contributed by atoms with Crippen LogP contribution in [0.25, 0.3) is 44.2 Å². The third kappa shape index (κ3) is 3.60. The van der Waals surface area contributed by atoms with Crippen LogP contribution in [0.3, 0.4) is 0 Å². The van der Waals surface area contributed by atoms with Gasteiger partial charge >= 0.3 is 0 Å². The van der Waals surface area contributed by atoms with Gasteiger partial charge in [0.25, 0.3) is 0 Å². The summed E-state index contributed by atoms with van der Waals surface area (Å²) in [5.74, 6) is 1.62. The van der Waals surface area contributed by atoms with Gasteiger partial charge in [-0.15, -0.1) is 0 Å². The first-order chi connectivity index (χ1) is 24.8. The number of rotatable bonds is 3. The Kier molecular flexibility index (Phi) is 5.62. The van der Waals surface area contributed by atoms with Crippen LogP contribution >= 0.6 is 0 Å². The van der Waals surface area contributed by atoms with E-state index in [1.807, 2.05) is 12.1 Å². The van der Waals surface area contributed by atoms with Gasteiger partial charge in [-0.3, -0.25) is 0 Å². The summed E-state index contributed by atoms with van der Waals surface area (Å²) in [4.78, 5) is 10.5. The second-order valence-corrected chi connectivity index (χ2v) is 13.3. The van der Waals surface area contributed by atoms with Crippen LogP contribution in [0.1, 0.15) is 45.1 Å².